The molecular weight excluding hydrogens is 312 g/mol. The second kappa shape index (κ2) is 9.01. The Hall–Kier alpha value is -1.12. The SMILES string of the molecule is OCc1sccc1OCCOCCOc1ccsc1CO. The first kappa shape index (κ1) is 16.3. The van der Waals surface area contributed by atoms with Crippen molar-refractivity contribution in [1.82, 2.24) is 0 Å². The summed E-state index contributed by atoms with van der Waals surface area (Å²) in [6.07, 6.45) is 0. The third-order valence-electron chi connectivity index (χ3n) is 2.67. The van der Waals surface area contributed by atoms with Crippen LogP contribution in [0.3, 0.4) is 0 Å². The fourth-order valence-electron chi connectivity index (χ4n) is 1.67. The number of rotatable bonds is 10. The second-order valence-electron chi connectivity index (χ2n) is 4.04. The van der Waals surface area contributed by atoms with Crippen LogP contribution in [0.2, 0.25) is 0 Å². The van der Waals surface area contributed by atoms with Crippen LogP contribution in [0.15, 0.2) is 22.9 Å². The van der Waals surface area contributed by atoms with Crippen LogP contribution >= 0.6 is 22.7 Å². The highest BCUT2D eigenvalue weighted by molar-refractivity contribution is 7.10. The fourth-order valence-corrected chi connectivity index (χ4v) is 3.02. The molecule has 116 valence electrons. The molecule has 0 radical (unpaired) electrons. The lowest BCUT2D eigenvalue weighted by Gasteiger charge is -2.08. The molecule has 7 heteroatoms. The molecule has 21 heavy (non-hydrogen) atoms. The van der Waals surface area contributed by atoms with Crippen molar-refractivity contribution < 1.29 is 24.4 Å². The van der Waals surface area contributed by atoms with Gasteiger partial charge in [0.1, 0.15) is 24.7 Å². The van der Waals surface area contributed by atoms with E-state index in [1.54, 1.807) is 0 Å². The Balaban J connectivity index is 1.54. The van der Waals surface area contributed by atoms with E-state index in [2.05, 4.69) is 0 Å². The predicted octanol–water partition coefficient (Wildman–Crippen LogP) is 2.27. The Morgan fingerprint density at radius 2 is 1.24 bits per heavy atom. The Morgan fingerprint density at radius 1 is 0.762 bits per heavy atom. The van der Waals surface area contributed by atoms with Gasteiger partial charge in [0.2, 0.25) is 0 Å². The molecule has 0 fully saturated rings. The lowest BCUT2D eigenvalue weighted by molar-refractivity contribution is 0.0756. The first-order chi connectivity index (χ1) is 10.3. The Bertz CT molecular complexity index is 477. The number of aliphatic hydroxyl groups excluding tert-OH is 2. The molecule has 0 aromatic carbocycles. The van der Waals surface area contributed by atoms with E-state index in [0.717, 1.165) is 9.75 Å². The molecule has 0 aliphatic rings. The Morgan fingerprint density at radius 3 is 1.67 bits per heavy atom. The van der Waals surface area contributed by atoms with Crippen molar-refractivity contribution in [2.75, 3.05) is 26.4 Å². The highest BCUT2D eigenvalue weighted by atomic mass is 32.1. The van der Waals surface area contributed by atoms with Crippen LogP contribution in [0.25, 0.3) is 0 Å². The third kappa shape index (κ3) is 4.98. The van der Waals surface area contributed by atoms with Crippen molar-refractivity contribution in [2.45, 2.75) is 13.2 Å². The quantitative estimate of drug-likeness (QED) is 0.654. The summed E-state index contributed by atoms with van der Waals surface area (Å²) in [5, 5.41) is 21.9. The Kier molecular flexibility index (Phi) is 6.98. The van der Waals surface area contributed by atoms with Gasteiger partial charge in [-0.2, -0.15) is 0 Å². The molecule has 0 aliphatic heterocycles. The summed E-state index contributed by atoms with van der Waals surface area (Å²) in [4.78, 5) is 1.65. The number of ether oxygens (including phenoxy) is 3. The van der Waals surface area contributed by atoms with E-state index in [0.29, 0.717) is 37.9 Å². The summed E-state index contributed by atoms with van der Waals surface area (Å²) in [7, 11) is 0. The molecule has 0 amide bonds. The van der Waals surface area contributed by atoms with E-state index >= 15 is 0 Å². The van der Waals surface area contributed by atoms with Gasteiger partial charge in [-0.05, 0) is 22.9 Å². The van der Waals surface area contributed by atoms with Gasteiger partial charge in [0, 0.05) is 0 Å². The van der Waals surface area contributed by atoms with Crippen molar-refractivity contribution in [3.8, 4) is 11.5 Å². The van der Waals surface area contributed by atoms with E-state index < -0.39 is 0 Å². The zero-order valence-corrected chi connectivity index (χ0v) is 13.1. The summed E-state index contributed by atoms with van der Waals surface area (Å²) in [5.74, 6) is 1.43. The highest BCUT2D eigenvalue weighted by Crippen LogP contribution is 2.25. The Labute approximate surface area is 131 Å². The summed E-state index contributed by atoms with van der Waals surface area (Å²) in [6, 6.07) is 3.68. The monoisotopic (exact) mass is 330 g/mol. The minimum absolute atomic E-state index is 0.00444. The van der Waals surface area contributed by atoms with Crippen LogP contribution in [-0.4, -0.2) is 36.6 Å². The summed E-state index contributed by atoms with van der Waals surface area (Å²) < 4.78 is 16.4. The summed E-state index contributed by atoms with van der Waals surface area (Å²) >= 11 is 2.94. The lowest BCUT2D eigenvalue weighted by atomic mass is 10.4. The maximum absolute atomic E-state index is 9.08. The standard InChI is InChI=1S/C14H18O5S2/c15-9-13-11(1-7-20-13)18-5-3-17-4-6-19-12-2-8-21-14(12)10-16/h1-2,7-8,15-16H,3-6,9-10H2. The molecule has 0 bridgehead atoms. The molecule has 0 atom stereocenters. The minimum atomic E-state index is -0.00444. The van der Waals surface area contributed by atoms with Crippen LogP contribution < -0.4 is 9.47 Å². The van der Waals surface area contributed by atoms with Crippen LogP contribution in [0.4, 0.5) is 0 Å². The zero-order chi connectivity index (χ0) is 14.9. The largest absolute Gasteiger partial charge is 0.490 e. The summed E-state index contributed by atoms with van der Waals surface area (Å²) in [5.41, 5.74) is 0. The van der Waals surface area contributed by atoms with Gasteiger partial charge < -0.3 is 24.4 Å². The number of hydrogen-bond donors (Lipinski definition) is 2. The molecule has 0 unspecified atom stereocenters. The van der Waals surface area contributed by atoms with Gasteiger partial charge in [0.25, 0.3) is 0 Å². The molecule has 2 N–H and O–H groups in total. The maximum atomic E-state index is 9.08. The molecule has 0 aliphatic carbocycles. The van der Waals surface area contributed by atoms with Crippen molar-refractivity contribution in [2.24, 2.45) is 0 Å². The fraction of sp³-hybridized carbons (Fsp3) is 0.429. The van der Waals surface area contributed by atoms with Gasteiger partial charge >= 0.3 is 0 Å². The molecule has 2 aromatic heterocycles. The van der Waals surface area contributed by atoms with E-state index in [-0.39, 0.29) is 13.2 Å². The molecule has 0 spiro atoms. The van der Waals surface area contributed by atoms with E-state index in [1.165, 1.54) is 22.7 Å². The number of thiophene rings is 2. The number of hydrogen-bond acceptors (Lipinski definition) is 7. The third-order valence-corrected chi connectivity index (χ3v) is 4.44. The maximum Gasteiger partial charge on any atom is 0.135 e. The molecular formula is C14H18O5S2. The smallest absolute Gasteiger partial charge is 0.135 e. The molecule has 2 rings (SSSR count). The average molecular weight is 330 g/mol. The first-order valence-electron chi connectivity index (χ1n) is 6.53. The average Bonchev–Trinajstić information content (AvgIpc) is 3.14. The highest BCUT2D eigenvalue weighted by Gasteiger charge is 2.05. The van der Waals surface area contributed by atoms with Crippen LogP contribution in [0, 0.1) is 0 Å². The van der Waals surface area contributed by atoms with Gasteiger partial charge in [0.15, 0.2) is 0 Å². The van der Waals surface area contributed by atoms with Gasteiger partial charge in [-0.15, -0.1) is 22.7 Å². The van der Waals surface area contributed by atoms with Crippen molar-refractivity contribution in [1.29, 1.82) is 0 Å². The van der Waals surface area contributed by atoms with E-state index in [9.17, 15) is 0 Å². The van der Waals surface area contributed by atoms with Crippen LogP contribution in [0.5, 0.6) is 11.5 Å². The van der Waals surface area contributed by atoms with Gasteiger partial charge in [-0.25, -0.2) is 0 Å². The van der Waals surface area contributed by atoms with Gasteiger partial charge in [0.05, 0.1) is 36.2 Å². The van der Waals surface area contributed by atoms with Gasteiger partial charge in [-0.1, -0.05) is 0 Å². The van der Waals surface area contributed by atoms with Crippen molar-refractivity contribution in [3.63, 3.8) is 0 Å². The van der Waals surface area contributed by atoms with Crippen LogP contribution in [0.1, 0.15) is 9.75 Å². The molecule has 2 heterocycles. The lowest BCUT2D eigenvalue weighted by Crippen LogP contribution is -2.12. The number of aliphatic hydroxyl groups is 2. The predicted molar refractivity (Wildman–Crippen MR) is 82.3 cm³/mol. The normalized spacial score (nSPS) is 10.8. The molecule has 0 saturated heterocycles. The summed E-state index contributed by atoms with van der Waals surface area (Å²) in [6.45, 7) is 1.78. The second-order valence-corrected chi connectivity index (χ2v) is 6.04. The van der Waals surface area contributed by atoms with Gasteiger partial charge in [-0.3, -0.25) is 0 Å². The molecule has 2 aromatic rings. The molecule has 0 saturated carbocycles. The van der Waals surface area contributed by atoms with Crippen LogP contribution in [-0.2, 0) is 18.0 Å². The van der Waals surface area contributed by atoms with E-state index in [4.69, 9.17) is 24.4 Å². The minimum Gasteiger partial charge on any atom is -0.490 e. The molecule has 5 nitrogen and oxygen atoms in total. The van der Waals surface area contributed by atoms with Crippen molar-refractivity contribution in [3.05, 3.63) is 32.6 Å². The topological polar surface area (TPSA) is 68.2 Å². The first-order valence-corrected chi connectivity index (χ1v) is 8.29. The zero-order valence-electron chi connectivity index (χ0n) is 11.5. The van der Waals surface area contributed by atoms with E-state index in [1.807, 2.05) is 22.9 Å². The van der Waals surface area contributed by atoms with Crippen molar-refractivity contribution >= 4 is 22.7 Å².